The summed E-state index contributed by atoms with van der Waals surface area (Å²) >= 11 is 10.2. The van der Waals surface area contributed by atoms with E-state index >= 15 is 0 Å². The van der Waals surface area contributed by atoms with E-state index in [-0.39, 0.29) is 5.38 Å². The standard InChI is InChI=1S/C16H14BrClO2/c1-10-2-4-12(13(17)8-10)16(18)11-3-5-14-15(9-11)20-7-6-19-14/h2-5,8-9,16H,6-7H2,1H3. The number of halogens is 2. The Balaban J connectivity index is 1.95. The highest BCUT2D eigenvalue weighted by molar-refractivity contribution is 9.10. The quantitative estimate of drug-likeness (QED) is 0.718. The van der Waals surface area contributed by atoms with Crippen LogP contribution in [-0.2, 0) is 0 Å². The molecule has 0 N–H and O–H groups in total. The smallest absolute Gasteiger partial charge is 0.161 e. The summed E-state index contributed by atoms with van der Waals surface area (Å²) in [5, 5.41) is -0.221. The van der Waals surface area contributed by atoms with Crippen molar-refractivity contribution < 1.29 is 9.47 Å². The Morgan fingerprint density at radius 1 is 1.05 bits per heavy atom. The van der Waals surface area contributed by atoms with Crippen LogP contribution in [0.15, 0.2) is 40.9 Å². The van der Waals surface area contributed by atoms with Gasteiger partial charge in [-0.2, -0.15) is 0 Å². The van der Waals surface area contributed by atoms with Crippen LogP contribution in [0.2, 0.25) is 0 Å². The van der Waals surface area contributed by atoms with Crippen LogP contribution < -0.4 is 9.47 Å². The van der Waals surface area contributed by atoms with Gasteiger partial charge in [0.15, 0.2) is 11.5 Å². The van der Waals surface area contributed by atoms with Gasteiger partial charge in [0.05, 0.1) is 5.38 Å². The summed E-state index contributed by atoms with van der Waals surface area (Å²) in [6, 6.07) is 12.0. The molecule has 0 saturated carbocycles. The fourth-order valence-corrected chi connectivity index (χ4v) is 3.41. The van der Waals surface area contributed by atoms with E-state index in [9.17, 15) is 0 Å². The molecule has 2 nitrogen and oxygen atoms in total. The van der Waals surface area contributed by atoms with Crippen LogP contribution in [-0.4, -0.2) is 13.2 Å². The van der Waals surface area contributed by atoms with Gasteiger partial charge < -0.3 is 9.47 Å². The van der Waals surface area contributed by atoms with E-state index < -0.39 is 0 Å². The van der Waals surface area contributed by atoms with Gasteiger partial charge in [0, 0.05) is 4.47 Å². The molecule has 1 atom stereocenters. The Kier molecular flexibility index (Phi) is 3.90. The topological polar surface area (TPSA) is 18.5 Å². The molecule has 104 valence electrons. The number of aryl methyl sites for hydroxylation is 1. The lowest BCUT2D eigenvalue weighted by Gasteiger charge is -2.20. The van der Waals surface area contributed by atoms with Crippen molar-refractivity contribution in [2.45, 2.75) is 12.3 Å². The molecule has 2 aromatic carbocycles. The van der Waals surface area contributed by atoms with E-state index in [0.29, 0.717) is 13.2 Å². The lowest BCUT2D eigenvalue weighted by Crippen LogP contribution is -2.15. The third-order valence-electron chi connectivity index (χ3n) is 3.29. The molecule has 1 aliphatic rings. The Morgan fingerprint density at radius 3 is 2.55 bits per heavy atom. The average Bonchev–Trinajstić information content (AvgIpc) is 2.46. The number of benzene rings is 2. The first-order chi connectivity index (χ1) is 9.65. The van der Waals surface area contributed by atoms with Crippen molar-refractivity contribution in [2.75, 3.05) is 13.2 Å². The minimum atomic E-state index is -0.221. The number of hydrogen-bond acceptors (Lipinski definition) is 2. The van der Waals surface area contributed by atoms with Crippen LogP contribution in [0.4, 0.5) is 0 Å². The van der Waals surface area contributed by atoms with Crippen molar-refractivity contribution in [3.8, 4) is 11.5 Å². The van der Waals surface area contributed by atoms with Crippen LogP contribution >= 0.6 is 27.5 Å². The van der Waals surface area contributed by atoms with E-state index in [1.54, 1.807) is 0 Å². The van der Waals surface area contributed by atoms with Crippen molar-refractivity contribution in [1.82, 2.24) is 0 Å². The zero-order valence-electron chi connectivity index (χ0n) is 11.0. The Bertz CT molecular complexity index is 642. The Labute approximate surface area is 131 Å². The molecule has 4 heteroatoms. The van der Waals surface area contributed by atoms with Crippen molar-refractivity contribution in [3.05, 3.63) is 57.6 Å². The molecule has 0 radical (unpaired) electrons. The number of ether oxygens (including phenoxy) is 2. The van der Waals surface area contributed by atoms with Crippen molar-refractivity contribution in [1.29, 1.82) is 0 Å². The van der Waals surface area contributed by atoms with Gasteiger partial charge in [-0.15, -0.1) is 11.6 Å². The molecular weight excluding hydrogens is 340 g/mol. The molecule has 0 bridgehead atoms. The van der Waals surface area contributed by atoms with Crippen molar-refractivity contribution in [3.63, 3.8) is 0 Å². The molecule has 2 aromatic rings. The Morgan fingerprint density at radius 2 is 1.80 bits per heavy atom. The van der Waals surface area contributed by atoms with Crippen LogP contribution in [0.5, 0.6) is 11.5 Å². The monoisotopic (exact) mass is 352 g/mol. The molecular formula is C16H14BrClO2. The third-order valence-corrected chi connectivity index (χ3v) is 4.46. The second kappa shape index (κ2) is 5.66. The highest BCUT2D eigenvalue weighted by Gasteiger charge is 2.18. The maximum absolute atomic E-state index is 6.61. The predicted molar refractivity (Wildman–Crippen MR) is 84.0 cm³/mol. The predicted octanol–water partition coefficient (Wildman–Crippen LogP) is 4.86. The van der Waals surface area contributed by atoms with Gasteiger partial charge in [-0.1, -0.05) is 34.1 Å². The van der Waals surface area contributed by atoms with Gasteiger partial charge in [0.1, 0.15) is 13.2 Å². The van der Waals surface area contributed by atoms with Crippen LogP contribution in [0.3, 0.4) is 0 Å². The summed E-state index contributed by atoms with van der Waals surface area (Å²) in [7, 11) is 0. The zero-order chi connectivity index (χ0) is 14.1. The molecule has 1 aliphatic heterocycles. The molecule has 0 aliphatic carbocycles. The highest BCUT2D eigenvalue weighted by atomic mass is 79.9. The number of hydrogen-bond donors (Lipinski definition) is 0. The minimum absolute atomic E-state index is 0.221. The van der Waals surface area contributed by atoms with E-state index in [0.717, 1.165) is 27.1 Å². The van der Waals surface area contributed by atoms with Crippen LogP contribution in [0.25, 0.3) is 0 Å². The molecule has 1 heterocycles. The summed E-state index contributed by atoms with van der Waals surface area (Å²) in [5.41, 5.74) is 3.25. The van der Waals surface area contributed by atoms with Crippen LogP contribution in [0.1, 0.15) is 22.1 Å². The summed E-state index contributed by atoms with van der Waals surface area (Å²) in [6.07, 6.45) is 0. The first kappa shape index (κ1) is 13.8. The molecule has 0 fully saturated rings. The third kappa shape index (κ3) is 2.65. The molecule has 0 amide bonds. The largest absolute Gasteiger partial charge is 0.486 e. The second-order valence-corrected chi connectivity index (χ2v) is 6.08. The zero-order valence-corrected chi connectivity index (χ0v) is 13.4. The van der Waals surface area contributed by atoms with Gasteiger partial charge in [-0.05, 0) is 41.8 Å². The lowest BCUT2D eigenvalue weighted by molar-refractivity contribution is 0.171. The number of rotatable bonds is 2. The molecule has 1 unspecified atom stereocenters. The SMILES string of the molecule is Cc1ccc(C(Cl)c2ccc3c(c2)OCCO3)c(Br)c1. The highest BCUT2D eigenvalue weighted by Crippen LogP contribution is 2.39. The van der Waals surface area contributed by atoms with E-state index in [1.165, 1.54) is 5.56 Å². The molecule has 0 aromatic heterocycles. The average molecular weight is 354 g/mol. The van der Waals surface area contributed by atoms with Gasteiger partial charge in [0.25, 0.3) is 0 Å². The second-order valence-electron chi connectivity index (χ2n) is 4.79. The summed E-state index contributed by atoms with van der Waals surface area (Å²) < 4.78 is 12.2. The maximum atomic E-state index is 6.61. The number of fused-ring (bicyclic) bond motifs is 1. The van der Waals surface area contributed by atoms with E-state index in [1.807, 2.05) is 24.3 Å². The summed E-state index contributed by atoms with van der Waals surface area (Å²) in [6.45, 7) is 3.24. The van der Waals surface area contributed by atoms with Crippen molar-refractivity contribution in [2.24, 2.45) is 0 Å². The Hall–Kier alpha value is -1.19. The fraction of sp³-hybridized carbons (Fsp3) is 0.250. The molecule has 0 spiro atoms. The minimum Gasteiger partial charge on any atom is -0.486 e. The van der Waals surface area contributed by atoms with Crippen molar-refractivity contribution >= 4 is 27.5 Å². The molecule has 0 saturated heterocycles. The first-order valence-electron chi connectivity index (χ1n) is 6.45. The van der Waals surface area contributed by atoms with Crippen LogP contribution in [0, 0.1) is 6.92 Å². The lowest BCUT2D eigenvalue weighted by atomic mass is 10.0. The van der Waals surface area contributed by atoms with Gasteiger partial charge >= 0.3 is 0 Å². The first-order valence-corrected chi connectivity index (χ1v) is 7.68. The van der Waals surface area contributed by atoms with Gasteiger partial charge in [-0.3, -0.25) is 0 Å². The van der Waals surface area contributed by atoms with Gasteiger partial charge in [-0.25, -0.2) is 0 Å². The normalized spacial score (nSPS) is 14.9. The number of alkyl halides is 1. The molecule has 3 rings (SSSR count). The maximum Gasteiger partial charge on any atom is 0.161 e. The van der Waals surface area contributed by atoms with Gasteiger partial charge in [0.2, 0.25) is 0 Å². The summed E-state index contributed by atoms with van der Waals surface area (Å²) in [5.74, 6) is 1.55. The fourth-order valence-electron chi connectivity index (χ4n) is 2.23. The van der Waals surface area contributed by atoms with E-state index in [4.69, 9.17) is 21.1 Å². The molecule has 20 heavy (non-hydrogen) atoms. The van der Waals surface area contributed by atoms with E-state index in [2.05, 4.69) is 35.0 Å². The summed E-state index contributed by atoms with van der Waals surface area (Å²) in [4.78, 5) is 0.